The molecule has 2 rings (SSSR count). The molecule has 0 radical (unpaired) electrons. The number of ether oxygens (including phenoxy) is 1. The number of nitrogens with zero attached hydrogens (tertiary/aromatic N) is 1. The van der Waals surface area contributed by atoms with Crippen molar-refractivity contribution in [2.45, 2.75) is 31.3 Å². The van der Waals surface area contributed by atoms with Crippen LogP contribution in [0.3, 0.4) is 0 Å². The highest BCUT2D eigenvalue weighted by atomic mass is 16.5. The number of nitrogens with two attached hydrogens (primary N) is 1. The lowest BCUT2D eigenvalue weighted by atomic mass is 10.0. The number of carbonyl (C=O) groups excluding carboxylic acids is 2. The summed E-state index contributed by atoms with van der Waals surface area (Å²) in [5.74, 6) is -0.131. The van der Waals surface area contributed by atoms with E-state index in [9.17, 15) is 9.59 Å². The average molecular weight is 319 g/mol. The van der Waals surface area contributed by atoms with Crippen LogP contribution in [0.25, 0.3) is 0 Å². The predicted octanol–water partition coefficient (Wildman–Crippen LogP) is 0.310. The Kier molecular flexibility index (Phi) is 6.55. The van der Waals surface area contributed by atoms with Crippen LogP contribution in [0.2, 0.25) is 0 Å². The number of hydrogen-bond acceptors (Lipinski definition) is 4. The lowest BCUT2D eigenvalue weighted by Crippen LogP contribution is -2.51. The van der Waals surface area contributed by atoms with Crippen LogP contribution in [0, 0.1) is 0 Å². The maximum Gasteiger partial charge on any atom is 0.248 e. The van der Waals surface area contributed by atoms with Crippen molar-refractivity contribution in [3.8, 4) is 0 Å². The van der Waals surface area contributed by atoms with Crippen molar-refractivity contribution in [2.24, 2.45) is 5.73 Å². The van der Waals surface area contributed by atoms with Gasteiger partial charge in [-0.2, -0.15) is 0 Å². The first-order valence-corrected chi connectivity index (χ1v) is 7.96. The van der Waals surface area contributed by atoms with Gasteiger partial charge in [0, 0.05) is 26.2 Å². The molecule has 3 N–H and O–H groups in total. The first-order valence-electron chi connectivity index (χ1n) is 7.96. The maximum absolute atomic E-state index is 12.2. The fraction of sp³-hybridized carbons (Fsp3) is 0.529. The third kappa shape index (κ3) is 5.33. The molecule has 1 heterocycles. The molecule has 6 nitrogen and oxygen atoms in total. The zero-order valence-electron chi connectivity index (χ0n) is 13.5. The molecule has 1 aliphatic rings. The Hall–Kier alpha value is -1.92. The summed E-state index contributed by atoms with van der Waals surface area (Å²) in [4.78, 5) is 25.7. The third-order valence-corrected chi connectivity index (χ3v) is 4.10. The highest BCUT2D eigenvalue weighted by Crippen LogP contribution is 2.11. The standard InChI is InChI=1S/C17H25N3O3/c1-23-12-16(21)20-9-7-14(8-10-20)19-17(22)15(18)11-13-5-3-2-4-6-13/h2-6,14-15H,7-12,18H2,1H3,(H,19,22). The molecular weight excluding hydrogens is 294 g/mol. The number of benzene rings is 1. The van der Waals surface area contributed by atoms with Crippen LogP contribution in [-0.4, -0.2) is 55.6 Å². The zero-order valence-corrected chi connectivity index (χ0v) is 13.5. The average Bonchev–Trinajstić information content (AvgIpc) is 2.56. The van der Waals surface area contributed by atoms with Crippen molar-refractivity contribution in [1.82, 2.24) is 10.2 Å². The minimum Gasteiger partial charge on any atom is -0.375 e. The van der Waals surface area contributed by atoms with Crippen molar-refractivity contribution < 1.29 is 14.3 Å². The van der Waals surface area contributed by atoms with E-state index in [1.807, 2.05) is 30.3 Å². The van der Waals surface area contributed by atoms with Gasteiger partial charge >= 0.3 is 0 Å². The molecule has 0 saturated carbocycles. The fourth-order valence-electron chi connectivity index (χ4n) is 2.76. The monoisotopic (exact) mass is 319 g/mol. The zero-order chi connectivity index (χ0) is 16.7. The van der Waals surface area contributed by atoms with Gasteiger partial charge in [-0.15, -0.1) is 0 Å². The number of carbonyl (C=O) groups is 2. The SMILES string of the molecule is COCC(=O)N1CCC(NC(=O)C(N)Cc2ccccc2)CC1. The van der Waals surface area contributed by atoms with Crippen molar-refractivity contribution in [1.29, 1.82) is 0 Å². The summed E-state index contributed by atoms with van der Waals surface area (Å²) in [6.45, 7) is 1.39. The van der Waals surface area contributed by atoms with Gasteiger partial charge in [-0.3, -0.25) is 9.59 Å². The lowest BCUT2D eigenvalue weighted by Gasteiger charge is -2.32. The van der Waals surface area contributed by atoms with Crippen LogP contribution < -0.4 is 11.1 Å². The molecule has 0 aromatic heterocycles. The van der Waals surface area contributed by atoms with Gasteiger partial charge in [-0.25, -0.2) is 0 Å². The summed E-state index contributed by atoms with van der Waals surface area (Å²) in [5, 5.41) is 3.00. The van der Waals surface area contributed by atoms with Gasteiger partial charge in [-0.1, -0.05) is 30.3 Å². The topological polar surface area (TPSA) is 84.7 Å². The molecule has 1 aliphatic heterocycles. The minimum atomic E-state index is -0.550. The normalized spacial score (nSPS) is 16.9. The lowest BCUT2D eigenvalue weighted by molar-refractivity contribution is -0.136. The first kappa shape index (κ1) is 17.4. The number of likely N-dealkylation sites (tertiary alicyclic amines) is 1. The first-order chi connectivity index (χ1) is 11.1. The number of piperidine rings is 1. The summed E-state index contributed by atoms with van der Waals surface area (Å²) < 4.78 is 4.86. The summed E-state index contributed by atoms with van der Waals surface area (Å²) in [5.41, 5.74) is 7.04. The molecule has 1 atom stereocenters. The van der Waals surface area contributed by atoms with E-state index in [1.54, 1.807) is 4.90 Å². The highest BCUT2D eigenvalue weighted by Gasteiger charge is 2.25. The molecular formula is C17H25N3O3. The van der Waals surface area contributed by atoms with E-state index >= 15 is 0 Å². The molecule has 23 heavy (non-hydrogen) atoms. The van der Waals surface area contributed by atoms with Gasteiger partial charge in [0.15, 0.2) is 0 Å². The number of hydrogen-bond donors (Lipinski definition) is 2. The van der Waals surface area contributed by atoms with E-state index in [2.05, 4.69) is 5.32 Å². The van der Waals surface area contributed by atoms with E-state index in [1.165, 1.54) is 7.11 Å². The van der Waals surface area contributed by atoms with Crippen LogP contribution in [0.1, 0.15) is 18.4 Å². The number of amides is 2. The number of methoxy groups -OCH3 is 1. The van der Waals surface area contributed by atoms with E-state index in [0.29, 0.717) is 19.5 Å². The minimum absolute atomic E-state index is 0.00180. The summed E-state index contributed by atoms with van der Waals surface area (Å²) in [7, 11) is 1.51. The Balaban J connectivity index is 1.75. The van der Waals surface area contributed by atoms with Gasteiger partial charge < -0.3 is 20.7 Å². The number of rotatable bonds is 6. The van der Waals surface area contributed by atoms with Crippen LogP contribution in [-0.2, 0) is 20.7 Å². The van der Waals surface area contributed by atoms with Crippen LogP contribution in [0.15, 0.2) is 30.3 Å². The molecule has 1 fully saturated rings. The second-order valence-electron chi connectivity index (χ2n) is 5.89. The van der Waals surface area contributed by atoms with Gasteiger partial charge in [0.1, 0.15) is 6.61 Å². The molecule has 2 amide bonds. The Morgan fingerprint density at radius 2 is 1.96 bits per heavy atom. The summed E-state index contributed by atoms with van der Waals surface area (Å²) in [6.07, 6.45) is 2.02. The van der Waals surface area contributed by atoms with Gasteiger partial charge in [0.25, 0.3) is 0 Å². The highest BCUT2D eigenvalue weighted by molar-refractivity contribution is 5.82. The second-order valence-corrected chi connectivity index (χ2v) is 5.89. The molecule has 126 valence electrons. The van der Waals surface area contributed by atoms with E-state index in [4.69, 9.17) is 10.5 Å². The molecule has 1 saturated heterocycles. The smallest absolute Gasteiger partial charge is 0.248 e. The molecule has 0 bridgehead atoms. The summed E-state index contributed by atoms with van der Waals surface area (Å²) >= 11 is 0. The Labute approximate surface area is 137 Å². The quantitative estimate of drug-likeness (QED) is 0.790. The number of nitrogens with one attached hydrogen (secondary N) is 1. The molecule has 0 aliphatic carbocycles. The van der Waals surface area contributed by atoms with Crippen molar-refractivity contribution in [2.75, 3.05) is 26.8 Å². The fourth-order valence-corrected chi connectivity index (χ4v) is 2.76. The Morgan fingerprint density at radius 1 is 1.30 bits per heavy atom. The van der Waals surface area contributed by atoms with Crippen molar-refractivity contribution in [3.63, 3.8) is 0 Å². The van der Waals surface area contributed by atoms with Crippen LogP contribution in [0.5, 0.6) is 0 Å². The second kappa shape index (κ2) is 8.64. The van der Waals surface area contributed by atoms with Crippen LogP contribution >= 0.6 is 0 Å². The largest absolute Gasteiger partial charge is 0.375 e. The van der Waals surface area contributed by atoms with Gasteiger partial charge in [0.2, 0.25) is 11.8 Å². The Bertz CT molecular complexity index is 513. The van der Waals surface area contributed by atoms with E-state index < -0.39 is 6.04 Å². The van der Waals surface area contributed by atoms with E-state index in [0.717, 1.165) is 18.4 Å². The van der Waals surface area contributed by atoms with Crippen LogP contribution in [0.4, 0.5) is 0 Å². The van der Waals surface area contributed by atoms with Gasteiger partial charge in [-0.05, 0) is 24.8 Å². The molecule has 1 unspecified atom stereocenters. The Morgan fingerprint density at radius 3 is 2.57 bits per heavy atom. The molecule has 1 aromatic rings. The maximum atomic E-state index is 12.2. The summed E-state index contributed by atoms with van der Waals surface area (Å²) in [6, 6.07) is 9.27. The molecule has 6 heteroatoms. The van der Waals surface area contributed by atoms with Crippen molar-refractivity contribution in [3.05, 3.63) is 35.9 Å². The molecule has 1 aromatic carbocycles. The molecule has 0 spiro atoms. The van der Waals surface area contributed by atoms with Gasteiger partial charge in [0.05, 0.1) is 6.04 Å². The van der Waals surface area contributed by atoms with Crippen molar-refractivity contribution >= 4 is 11.8 Å². The van der Waals surface area contributed by atoms with E-state index in [-0.39, 0.29) is 24.5 Å². The predicted molar refractivity (Wildman–Crippen MR) is 87.7 cm³/mol. The third-order valence-electron chi connectivity index (χ3n) is 4.10.